The van der Waals surface area contributed by atoms with Gasteiger partial charge >= 0.3 is 18.2 Å². The number of likely N-dealkylation sites (tertiary alicyclic amines) is 1. The van der Waals surface area contributed by atoms with E-state index in [1.165, 1.54) is 36.1 Å². The summed E-state index contributed by atoms with van der Waals surface area (Å²) in [5, 5.41) is 11.4. The van der Waals surface area contributed by atoms with Crippen molar-refractivity contribution < 1.29 is 27.9 Å². The fourth-order valence-electron chi connectivity index (χ4n) is 2.72. The van der Waals surface area contributed by atoms with Crippen LogP contribution < -0.4 is 5.32 Å². The molecule has 0 aromatic heterocycles. The molecule has 1 saturated heterocycles. The summed E-state index contributed by atoms with van der Waals surface area (Å²) in [4.78, 5) is 24.5. The summed E-state index contributed by atoms with van der Waals surface area (Å²) in [6.45, 7) is 1.12. The molecule has 1 aromatic rings. The number of carbonyl (C=O) groups excluding carboxylic acids is 1. The van der Waals surface area contributed by atoms with E-state index >= 15 is 0 Å². The van der Waals surface area contributed by atoms with Crippen molar-refractivity contribution in [1.82, 2.24) is 10.2 Å². The zero-order valence-corrected chi connectivity index (χ0v) is 13.1. The molecule has 24 heavy (non-hydrogen) atoms. The van der Waals surface area contributed by atoms with Crippen LogP contribution in [0.25, 0.3) is 0 Å². The van der Waals surface area contributed by atoms with Crippen molar-refractivity contribution in [3.8, 4) is 0 Å². The predicted molar refractivity (Wildman–Crippen MR) is 80.6 cm³/mol. The van der Waals surface area contributed by atoms with Gasteiger partial charge in [0.25, 0.3) is 0 Å². The van der Waals surface area contributed by atoms with E-state index in [0.717, 1.165) is 0 Å². The molecular formula is C16H19F3N2O3. The third kappa shape index (κ3) is 3.98. The molecule has 132 valence electrons. The summed E-state index contributed by atoms with van der Waals surface area (Å²) in [7, 11) is 0. The Morgan fingerprint density at radius 2 is 1.96 bits per heavy atom. The van der Waals surface area contributed by atoms with Crippen molar-refractivity contribution in [3.63, 3.8) is 0 Å². The number of hydrogen-bond acceptors (Lipinski definition) is 2. The van der Waals surface area contributed by atoms with Crippen LogP contribution >= 0.6 is 0 Å². The van der Waals surface area contributed by atoms with Gasteiger partial charge in [0.05, 0.1) is 11.3 Å². The number of aliphatic carboxylic acids is 1. The smallest absolute Gasteiger partial charge is 0.397 e. The van der Waals surface area contributed by atoms with Gasteiger partial charge in [-0.25, -0.2) is 4.79 Å². The fourth-order valence-corrected chi connectivity index (χ4v) is 2.72. The van der Waals surface area contributed by atoms with E-state index in [1.54, 1.807) is 6.07 Å². The molecule has 2 rings (SSSR count). The largest absolute Gasteiger partial charge is 0.481 e. The van der Waals surface area contributed by atoms with Gasteiger partial charge in [-0.1, -0.05) is 30.3 Å². The molecule has 2 amide bonds. The monoisotopic (exact) mass is 344 g/mol. The number of carboxylic acid groups (broad SMARTS) is 1. The minimum atomic E-state index is -4.49. The molecule has 1 aliphatic heterocycles. The van der Waals surface area contributed by atoms with Gasteiger partial charge in [0.15, 0.2) is 0 Å². The van der Waals surface area contributed by atoms with Crippen LogP contribution in [0.15, 0.2) is 30.3 Å². The highest BCUT2D eigenvalue weighted by Gasteiger charge is 2.44. The lowest BCUT2D eigenvalue weighted by Crippen LogP contribution is -2.43. The van der Waals surface area contributed by atoms with Gasteiger partial charge in [-0.05, 0) is 18.9 Å². The number of benzene rings is 1. The average molecular weight is 344 g/mol. The van der Waals surface area contributed by atoms with Crippen LogP contribution in [0.1, 0.15) is 24.8 Å². The number of nitrogens with one attached hydrogen (secondary N) is 1. The molecule has 1 heterocycles. The standard InChI is InChI=1S/C16H19F3N2O3/c1-15(13(22)23)7-8-21(10-15)14(24)20-9-12(16(17,18)19)11-5-3-2-4-6-11/h2-6,12H,7-10H2,1H3,(H,20,24)(H,22,23). The third-order valence-electron chi connectivity index (χ3n) is 4.33. The number of urea groups is 1. The maximum absolute atomic E-state index is 13.2. The van der Waals surface area contributed by atoms with Crippen LogP contribution in [0.3, 0.4) is 0 Å². The highest BCUT2D eigenvalue weighted by atomic mass is 19.4. The summed E-state index contributed by atoms with van der Waals surface area (Å²) in [5.41, 5.74) is -0.984. The van der Waals surface area contributed by atoms with E-state index in [0.29, 0.717) is 0 Å². The Hall–Kier alpha value is -2.25. The number of hydrogen-bond donors (Lipinski definition) is 2. The molecule has 5 nitrogen and oxygen atoms in total. The molecule has 0 radical (unpaired) electrons. The Balaban J connectivity index is 2.00. The molecule has 2 unspecified atom stereocenters. The maximum Gasteiger partial charge on any atom is 0.397 e. The molecule has 8 heteroatoms. The summed E-state index contributed by atoms with van der Waals surface area (Å²) in [5.74, 6) is -2.83. The lowest BCUT2D eigenvalue weighted by Gasteiger charge is -2.24. The Kier molecular flexibility index (Phi) is 5.05. The number of halogens is 3. The summed E-state index contributed by atoms with van der Waals surface area (Å²) in [6, 6.07) is 6.68. The molecule has 2 atom stereocenters. The number of rotatable bonds is 4. The highest BCUT2D eigenvalue weighted by Crippen LogP contribution is 2.34. The van der Waals surface area contributed by atoms with Gasteiger partial charge in [-0.3, -0.25) is 4.79 Å². The minimum absolute atomic E-state index is 0.0177. The van der Waals surface area contributed by atoms with Gasteiger partial charge in [0.2, 0.25) is 0 Å². The molecule has 0 bridgehead atoms. The van der Waals surface area contributed by atoms with E-state index in [9.17, 15) is 22.8 Å². The molecule has 2 N–H and O–H groups in total. The first kappa shape index (κ1) is 18.1. The molecule has 1 aromatic carbocycles. The first-order valence-electron chi connectivity index (χ1n) is 7.51. The van der Waals surface area contributed by atoms with Crippen LogP contribution in [0.4, 0.5) is 18.0 Å². The number of carbonyl (C=O) groups is 2. The van der Waals surface area contributed by atoms with Crippen LogP contribution in [-0.2, 0) is 4.79 Å². The van der Waals surface area contributed by atoms with E-state index in [-0.39, 0.29) is 25.1 Å². The second-order valence-corrected chi connectivity index (χ2v) is 6.23. The fraction of sp³-hybridized carbons (Fsp3) is 0.500. The van der Waals surface area contributed by atoms with E-state index in [1.807, 2.05) is 0 Å². The van der Waals surface area contributed by atoms with Gasteiger partial charge in [-0.15, -0.1) is 0 Å². The van der Waals surface area contributed by atoms with Gasteiger partial charge in [0.1, 0.15) is 0 Å². The average Bonchev–Trinajstić information content (AvgIpc) is 2.91. The zero-order chi connectivity index (χ0) is 18.0. The van der Waals surface area contributed by atoms with Gasteiger partial charge in [0, 0.05) is 19.6 Å². The number of amides is 2. The van der Waals surface area contributed by atoms with Crippen LogP contribution in [0.5, 0.6) is 0 Å². The van der Waals surface area contributed by atoms with Crippen molar-refractivity contribution in [2.75, 3.05) is 19.6 Å². The molecular weight excluding hydrogens is 325 g/mol. The SMILES string of the molecule is CC1(C(=O)O)CCN(C(=O)NCC(c2ccccc2)C(F)(F)F)C1. The van der Waals surface area contributed by atoms with Crippen LogP contribution in [-0.4, -0.2) is 47.8 Å². The minimum Gasteiger partial charge on any atom is -0.481 e. The third-order valence-corrected chi connectivity index (χ3v) is 4.33. The number of alkyl halides is 3. The van der Waals surface area contributed by atoms with Crippen molar-refractivity contribution in [2.24, 2.45) is 5.41 Å². The molecule has 0 saturated carbocycles. The van der Waals surface area contributed by atoms with E-state index in [4.69, 9.17) is 5.11 Å². The lowest BCUT2D eigenvalue weighted by atomic mass is 9.90. The van der Waals surface area contributed by atoms with Crippen LogP contribution in [0.2, 0.25) is 0 Å². The van der Waals surface area contributed by atoms with E-state index in [2.05, 4.69) is 5.32 Å². The van der Waals surface area contributed by atoms with Crippen molar-refractivity contribution in [2.45, 2.75) is 25.4 Å². The Bertz CT molecular complexity index is 606. The summed E-state index contributed by atoms with van der Waals surface area (Å²) < 4.78 is 39.7. The van der Waals surface area contributed by atoms with Gasteiger partial charge in [-0.2, -0.15) is 13.2 Å². The maximum atomic E-state index is 13.2. The summed E-state index contributed by atoms with van der Waals surface area (Å²) in [6.07, 6.45) is -4.22. The normalized spacial score (nSPS) is 22.2. The zero-order valence-electron chi connectivity index (χ0n) is 13.1. The molecule has 1 fully saturated rings. The Morgan fingerprint density at radius 3 is 2.46 bits per heavy atom. The second kappa shape index (κ2) is 6.70. The topological polar surface area (TPSA) is 69.6 Å². The molecule has 1 aliphatic rings. The van der Waals surface area contributed by atoms with Crippen LogP contribution in [0, 0.1) is 5.41 Å². The summed E-state index contributed by atoms with van der Waals surface area (Å²) >= 11 is 0. The van der Waals surface area contributed by atoms with Crippen molar-refractivity contribution in [1.29, 1.82) is 0 Å². The highest BCUT2D eigenvalue weighted by molar-refractivity contribution is 5.79. The van der Waals surface area contributed by atoms with E-state index < -0.39 is 36.1 Å². The lowest BCUT2D eigenvalue weighted by molar-refractivity contribution is -0.149. The molecule has 0 aliphatic carbocycles. The number of carboxylic acids is 1. The first-order chi connectivity index (χ1) is 11.1. The Morgan fingerprint density at radius 1 is 1.33 bits per heavy atom. The Labute approximate surface area is 137 Å². The van der Waals surface area contributed by atoms with Crippen molar-refractivity contribution >= 4 is 12.0 Å². The molecule has 0 spiro atoms. The van der Waals surface area contributed by atoms with Crippen molar-refractivity contribution in [3.05, 3.63) is 35.9 Å². The predicted octanol–water partition coefficient (Wildman–Crippen LogP) is 2.84. The van der Waals surface area contributed by atoms with Gasteiger partial charge < -0.3 is 15.3 Å². The first-order valence-corrected chi connectivity index (χ1v) is 7.51. The number of nitrogens with zero attached hydrogens (tertiary/aromatic N) is 1. The second-order valence-electron chi connectivity index (χ2n) is 6.23. The quantitative estimate of drug-likeness (QED) is 0.882.